The van der Waals surface area contributed by atoms with Crippen LogP contribution in [0.4, 0.5) is 0 Å². The topological polar surface area (TPSA) is 41.1 Å². The summed E-state index contributed by atoms with van der Waals surface area (Å²) in [4.78, 5) is 7.34. The zero-order valence-corrected chi connectivity index (χ0v) is 12.5. The second kappa shape index (κ2) is 5.01. The average Bonchev–Trinajstić information content (AvgIpc) is 3.05. The van der Waals surface area contributed by atoms with Crippen molar-refractivity contribution in [2.24, 2.45) is 0 Å². The second-order valence-electron chi connectivity index (χ2n) is 5.41. The molecule has 0 bridgehead atoms. The van der Waals surface area contributed by atoms with Gasteiger partial charge < -0.3 is 0 Å². The van der Waals surface area contributed by atoms with Crippen molar-refractivity contribution >= 4 is 16.3 Å². The van der Waals surface area contributed by atoms with Crippen LogP contribution in [0.1, 0.15) is 29.1 Å². The third kappa shape index (κ3) is 1.97. The number of hydrogen-bond donors (Lipinski definition) is 0. The summed E-state index contributed by atoms with van der Waals surface area (Å²) in [6.45, 7) is 0. The average molecular weight is 293 g/mol. The second-order valence-corrected chi connectivity index (χ2v) is 6.47. The largest absolute Gasteiger partial charge is 0.290 e. The van der Waals surface area contributed by atoms with E-state index in [4.69, 9.17) is 4.98 Å². The number of nitriles is 1. The maximum Gasteiger partial charge on any atom is 0.194 e. The van der Waals surface area contributed by atoms with E-state index < -0.39 is 0 Å². The Kier molecular flexibility index (Phi) is 3.01. The van der Waals surface area contributed by atoms with Gasteiger partial charge in [0.1, 0.15) is 0 Å². The molecule has 0 amide bonds. The molecule has 1 aliphatic carbocycles. The van der Waals surface area contributed by atoms with E-state index in [-0.39, 0.29) is 0 Å². The van der Waals surface area contributed by atoms with Crippen molar-refractivity contribution in [3.63, 3.8) is 0 Å². The van der Waals surface area contributed by atoms with Crippen molar-refractivity contribution in [2.75, 3.05) is 0 Å². The van der Waals surface area contributed by atoms with Crippen LogP contribution in [0.25, 0.3) is 16.2 Å². The van der Waals surface area contributed by atoms with Crippen LogP contribution in [0, 0.1) is 11.3 Å². The van der Waals surface area contributed by atoms with E-state index in [1.54, 1.807) is 11.3 Å². The molecule has 4 heteroatoms. The molecule has 0 N–H and O–H groups in total. The number of thiazole rings is 1. The van der Waals surface area contributed by atoms with Gasteiger partial charge in [-0.3, -0.25) is 4.40 Å². The van der Waals surface area contributed by atoms with Crippen LogP contribution in [-0.4, -0.2) is 9.38 Å². The minimum absolute atomic E-state index is 0.411. The Morgan fingerprint density at radius 2 is 2.00 bits per heavy atom. The minimum Gasteiger partial charge on any atom is -0.290 e. The van der Waals surface area contributed by atoms with Gasteiger partial charge in [-0.05, 0) is 25.7 Å². The third-order valence-corrected chi connectivity index (χ3v) is 5.25. The van der Waals surface area contributed by atoms with Gasteiger partial charge in [-0.15, -0.1) is 11.3 Å². The Morgan fingerprint density at radius 3 is 2.81 bits per heavy atom. The molecule has 0 fully saturated rings. The number of fused-ring (bicyclic) bond motifs is 3. The van der Waals surface area contributed by atoms with Crippen molar-refractivity contribution in [1.29, 1.82) is 5.26 Å². The molecule has 0 saturated carbocycles. The fraction of sp³-hybridized carbons (Fsp3) is 0.294. The normalized spacial score (nSPS) is 14.0. The molecule has 0 unspecified atom stereocenters. The van der Waals surface area contributed by atoms with E-state index in [0.29, 0.717) is 6.42 Å². The van der Waals surface area contributed by atoms with E-state index in [2.05, 4.69) is 22.6 Å². The third-order valence-electron chi connectivity index (χ3n) is 4.11. The number of rotatable bonds is 2. The summed E-state index contributed by atoms with van der Waals surface area (Å²) in [6, 6.07) is 12.5. The van der Waals surface area contributed by atoms with Crippen molar-refractivity contribution < 1.29 is 0 Å². The summed E-state index contributed by atoms with van der Waals surface area (Å²) < 4.78 is 2.25. The number of nitrogens with zero attached hydrogens (tertiary/aromatic N) is 3. The quantitative estimate of drug-likeness (QED) is 0.716. The smallest absolute Gasteiger partial charge is 0.194 e. The lowest BCUT2D eigenvalue weighted by Gasteiger charge is -2.11. The van der Waals surface area contributed by atoms with Gasteiger partial charge in [0.2, 0.25) is 0 Å². The highest BCUT2D eigenvalue weighted by molar-refractivity contribution is 7.17. The molecule has 2 heterocycles. The van der Waals surface area contributed by atoms with Crippen LogP contribution in [0.15, 0.2) is 30.3 Å². The van der Waals surface area contributed by atoms with E-state index in [1.165, 1.54) is 23.4 Å². The standard InChI is InChI=1S/C17H15N3S/c18-11-10-14-16(12-6-2-1-3-7-12)19-17-20(14)13-8-4-5-9-15(13)21-17/h1-3,6-7H,4-5,8-10H2. The summed E-state index contributed by atoms with van der Waals surface area (Å²) in [5.41, 5.74) is 4.51. The van der Waals surface area contributed by atoms with Crippen molar-refractivity contribution in [1.82, 2.24) is 9.38 Å². The molecule has 3 nitrogen and oxygen atoms in total. The van der Waals surface area contributed by atoms with Crippen molar-refractivity contribution in [2.45, 2.75) is 32.1 Å². The molecule has 0 spiro atoms. The fourth-order valence-corrected chi connectivity index (χ4v) is 4.39. The Balaban J connectivity index is 1.98. The number of benzene rings is 1. The zero-order valence-electron chi connectivity index (χ0n) is 11.7. The summed E-state index contributed by atoms with van der Waals surface area (Å²) in [5, 5.41) is 9.22. The number of hydrogen-bond acceptors (Lipinski definition) is 3. The first-order valence-electron chi connectivity index (χ1n) is 7.32. The molecule has 1 aliphatic rings. The van der Waals surface area contributed by atoms with Crippen LogP contribution in [0.5, 0.6) is 0 Å². The first-order valence-corrected chi connectivity index (χ1v) is 8.14. The molecular weight excluding hydrogens is 278 g/mol. The van der Waals surface area contributed by atoms with E-state index in [0.717, 1.165) is 34.8 Å². The van der Waals surface area contributed by atoms with Crippen LogP contribution in [0.2, 0.25) is 0 Å². The fourth-order valence-electron chi connectivity index (χ4n) is 3.16. The lowest BCUT2D eigenvalue weighted by atomic mass is 10.0. The molecule has 1 aromatic carbocycles. The van der Waals surface area contributed by atoms with Gasteiger partial charge in [0.05, 0.1) is 23.9 Å². The molecule has 0 saturated heterocycles. The highest BCUT2D eigenvalue weighted by Crippen LogP contribution is 2.35. The number of imidazole rings is 1. The molecule has 0 aliphatic heterocycles. The number of aryl methyl sites for hydroxylation is 2. The van der Waals surface area contributed by atoms with Gasteiger partial charge in [-0.25, -0.2) is 4.98 Å². The number of aromatic nitrogens is 2. The van der Waals surface area contributed by atoms with Gasteiger partial charge in [-0.2, -0.15) is 5.26 Å². The molecule has 0 radical (unpaired) electrons. The van der Waals surface area contributed by atoms with Gasteiger partial charge in [0.15, 0.2) is 4.96 Å². The lowest BCUT2D eigenvalue weighted by Crippen LogP contribution is -2.05. The summed E-state index contributed by atoms with van der Waals surface area (Å²) in [6.07, 6.45) is 5.20. The minimum atomic E-state index is 0.411. The van der Waals surface area contributed by atoms with Crippen LogP contribution < -0.4 is 0 Å². The molecule has 104 valence electrons. The Bertz CT molecular complexity index is 836. The van der Waals surface area contributed by atoms with Crippen LogP contribution in [-0.2, 0) is 19.3 Å². The van der Waals surface area contributed by atoms with Gasteiger partial charge in [-0.1, -0.05) is 30.3 Å². The van der Waals surface area contributed by atoms with E-state index in [1.807, 2.05) is 18.2 Å². The van der Waals surface area contributed by atoms with E-state index in [9.17, 15) is 5.26 Å². The Labute approximate surface area is 127 Å². The molecule has 2 aromatic heterocycles. The first kappa shape index (κ1) is 12.6. The van der Waals surface area contributed by atoms with Gasteiger partial charge in [0, 0.05) is 16.1 Å². The highest BCUT2D eigenvalue weighted by Gasteiger charge is 2.22. The van der Waals surface area contributed by atoms with E-state index >= 15 is 0 Å². The summed E-state index contributed by atoms with van der Waals surface area (Å²) in [5.74, 6) is 0. The maximum absolute atomic E-state index is 9.22. The summed E-state index contributed by atoms with van der Waals surface area (Å²) >= 11 is 1.80. The van der Waals surface area contributed by atoms with Crippen LogP contribution >= 0.6 is 11.3 Å². The SMILES string of the molecule is N#CCc1c(-c2ccccc2)nc2sc3c(n12)CCCC3. The van der Waals surface area contributed by atoms with Crippen molar-refractivity contribution in [3.8, 4) is 17.3 Å². The maximum atomic E-state index is 9.22. The van der Waals surface area contributed by atoms with Gasteiger partial charge >= 0.3 is 0 Å². The first-order chi connectivity index (χ1) is 10.4. The Morgan fingerprint density at radius 1 is 1.19 bits per heavy atom. The van der Waals surface area contributed by atoms with Gasteiger partial charge in [0.25, 0.3) is 0 Å². The summed E-state index contributed by atoms with van der Waals surface area (Å²) in [7, 11) is 0. The van der Waals surface area contributed by atoms with Crippen molar-refractivity contribution in [3.05, 3.63) is 46.6 Å². The zero-order chi connectivity index (χ0) is 14.2. The molecule has 3 aromatic rings. The molecule has 21 heavy (non-hydrogen) atoms. The molecular formula is C17H15N3S. The predicted molar refractivity (Wildman–Crippen MR) is 84.5 cm³/mol. The Hall–Kier alpha value is -2.12. The predicted octanol–water partition coefficient (Wildman–Crippen LogP) is 4.01. The monoisotopic (exact) mass is 293 g/mol. The lowest BCUT2D eigenvalue weighted by molar-refractivity contribution is 0.671. The highest BCUT2D eigenvalue weighted by atomic mass is 32.1. The molecule has 0 atom stereocenters. The molecule has 4 rings (SSSR count). The van der Waals surface area contributed by atoms with Crippen LogP contribution in [0.3, 0.4) is 0 Å².